The first kappa shape index (κ1) is 38.3. The maximum Gasteiger partial charge on any atom is 0.355 e. The maximum absolute atomic E-state index is 13.5. The lowest BCUT2D eigenvalue weighted by molar-refractivity contribution is -0.150. The summed E-state index contributed by atoms with van der Waals surface area (Å²) in [6, 6.07) is 1.34. The molecule has 1 atom stereocenters. The van der Waals surface area contributed by atoms with Crippen LogP contribution in [0.4, 0.5) is 0 Å². The third-order valence-corrected chi connectivity index (χ3v) is 9.80. The number of aryl methyl sites for hydroxylation is 1. The number of esters is 3. The molecule has 4 N–H and O–H groups in total. The molecule has 13 nitrogen and oxygen atoms in total. The van der Waals surface area contributed by atoms with Gasteiger partial charge in [-0.1, -0.05) is 0 Å². The molecule has 51 heavy (non-hydrogen) atoms. The molecule has 0 heterocycles. The summed E-state index contributed by atoms with van der Waals surface area (Å²) < 4.78 is 21.5. The van der Waals surface area contributed by atoms with Gasteiger partial charge in [-0.2, -0.15) is 0 Å². The molecule has 0 saturated carbocycles. The highest BCUT2D eigenvalue weighted by atomic mass is 79.9. The van der Waals surface area contributed by atoms with E-state index in [2.05, 4.69) is 15.9 Å². The van der Waals surface area contributed by atoms with E-state index in [9.17, 15) is 44.4 Å². The monoisotopic (exact) mass is 766 g/mol. The minimum absolute atomic E-state index is 0.00400. The number of carboxylic acid groups (broad SMARTS) is 1. The first-order valence-electron chi connectivity index (χ1n) is 15.3. The van der Waals surface area contributed by atoms with Gasteiger partial charge in [-0.25, -0.2) is 19.2 Å². The van der Waals surface area contributed by atoms with Gasteiger partial charge in [-0.3, -0.25) is 4.79 Å². The highest BCUT2D eigenvalue weighted by molar-refractivity contribution is 9.10. The van der Waals surface area contributed by atoms with Crippen LogP contribution in [0.5, 0.6) is 28.7 Å². The first-order chi connectivity index (χ1) is 23.7. The van der Waals surface area contributed by atoms with Gasteiger partial charge in [0.05, 0.1) is 12.7 Å². The molecule has 4 rings (SSSR count). The van der Waals surface area contributed by atoms with Crippen LogP contribution in [0.15, 0.2) is 34.5 Å². The van der Waals surface area contributed by atoms with Crippen LogP contribution in [-0.4, -0.2) is 62.8 Å². The standard InChI is InChI=1S/C37H35BrO13/c1-14-12-23(21(8)29(40)25(14)34(44)50-31-18(5)15(2)26(33(42)43)16(3)19(31)6)49-35(45)27-17(4)20(7)32(28(38)30(27)41)51-36(46)37(47)11-10-22(39)13-24(37)48-9/h10-13,40-41,47H,1-9H3,(H,42,43)/t37-/m1/s1. The molecule has 3 aromatic rings. The molecule has 0 spiro atoms. The second-order valence-electron chi connectivity index (χ2n) is 12.0. The Kier molecular flexibility index (Phi) is 10.6. The van der Waals surface area contributed by atoms with Crippen molar-refractivity contribution in [1.29, 1.82) is 0 Å². The number of phenolic OH excluding ortho intramolecular Hbond substituents is 2. The highest BCUT2D eigenvalue weighted by Gasteiger charge is 2.44. The molecule has 0 unspecified atom stereocenters. The minimum atomic E-state index is -2.45. The lowest BCUT2D eigenvalue weighted by Gasteiger charge is -2.27. The summed E-state index contributed by atoms with van der Waals surface area (Å²) in [7, 11) is 1.16. The molecule has 0 fully saturated rings. The van der Waals surface area contributed by atoms with Crippen molar-refractivity contribution < 1.29 is 63.3 Å². The number of aromatic hydroxyl groups is 2. The van der Waals surface area contributed by atoms with Crippen molar-refractivity contribution in [3.8, 4) is 28.7 Å². The van der Waals surface area contributed by atoms with Crippen molar-refractivity contribution >= 4 is 45.6 Å². The van der Waals surface area contributed by atoms with Crippen molar-refractivity contribution in [2.45, 2.75) is 61.0 Å². The lowest BCUT2D eigenvalue weighted by atomic mass is 9.93. The predicted octanol–water partition coefficient (Wildman–Crippen LogP) is 5.77. The number of carboxylic acids is 1. The number of hydrogen-bond acceptors (Lipinski definition) is 12. The Morgan fingerprint density at radius 2 is 1.24 bits per heavy atom. The minimum Gasteiger partial charge on any atom is -0.507 e. The van der Waals surface area contributed by atoms with E-state index in [0.717, 1.165) is 25.3 Å². The number of aromatic carboxylic acids is 1. The Morgan fingerprint density at radius 3 is 1.78 bits per heavy atom. The van der Waals surface area contributed by atoms with E-state index in [4.69, 9.17) is 18.9 Å². The molecule has 1 aliphatic carbocycles. The van der Waals surface area contributed by atoms with Gasteiger partial charge in [0.1, 0.15) is 44.4 Å². The van der Waals surface area contributed by atoms with Crippen LogP contribution in [0, 0.1) is 55.4 Å². The van der Waals surface area contributed by atoms with Crippen molar-refractivity contribution in [3.05, 3.63) is 95.7 Å². The SMILES string of the molecule is COC1=CC(=O)C=C[C@]1(O)C(=O)Oc1c(C)c(C)c(C(=O)Oc2cc(C)c(C(=O)Oc3c(C)c(C)c(C(=O)O)c(C)c3C)c(O)c2C)c(O)c1Br. The van der Waals surface area contributed by atoms with Crippen LogP contribution in [0.1, 0.15) is 75.6 Å². The van der Waals surface area contributed by atoms with Gasteiger partial charge in [0.25, 0.3) is 0 Å². The predicted molar refractivity (Wildman–Crippen MR) is 185 cm³/mol. The summed E-state index contributed by atoms with van der Waals surface area (Å²) in [5, 5.41) is 42.8. The third-order valence-electron chi connectivity index (χ3n) is 9.07. The maximum atomic E-state index is 13.5. The van der Waals surface area contributed by atoms with E-state index >= 15 is 0 Å². The van der Waals surface area contributed by atoms with Crippen LogP contribution >= 0.6 is 15.9 Å². The lowest BCUT2D eigenvalue weighted by Crippen LogP contribution is -2.44. The topological polar surface area (TPSA) is 203 Å². The fourth-order valence-electron chi connectivity index (χ4n) is 5.69. The van der Waals surface area contributed by atoms with Crippen molar-refractivity contribution in [2.24, 2.45) is 0 Å². The molecule has 0 bridgehead atoms. The fourth-order valence-corrected chi connectivity index (χ4v) is 6.27. The molecule has 0 amide bonds. The van der Waals surface area contributed by atoms with Gasteiger partial charge in [0, 0.05) is 11.6 Å². The van der Waals surface area contributed by atoms with E-state index in [1.54, 1.807) is 27.7 Å². The summed E-state index contributed by atoms with van der Waals surface area (Å²) in [6.45, 7) is 12.3. The van der Waals surface area contributed by atoms with Crippen molar-refractivity contribution in [2.75, 3.05) is 7.11 Å². The average molecular weight is 768 g/mol. The van der Waals surface area contributed by atoms with Gasteiger partial charge in [-0.05, 0) is 128 Å². The van der Waals surface area contributed by atoms with Crippen LogP contribution in [-0.2, 0) is 14.3 Å². The van der Waals surface area contributed by atoms with Gasteiger partial charge in [-0.15, -0.1) is 0 Å². The number of carbonyl (C=O) groups is 5. The highest BCUT2D eigenvalue weighted by Crippen LogP contribution is 2.44. The number of allylic oxidation sites excluding steroid dienone is 2. The number of ether oxygens (including phenoxy) is 4. The number of hydrogen-bond donors (Lipinski definition) is 4. The number of methoxy groups -OCH3 is 1. The van der Waals surface area contributed by atoms with Crippen LogP contribution < -0.4 is 14.2 Å². The number of carbonyl (C=O) groups excluding carboxylic acids is 4. The van der Waals surface area contributed by atoms with Gasteiger partial charge >= 0.3 is 23.9 Å². The summed E-state index contributed by atoms with van der Waals surface area (Å²) >= 11 is 3.15. The zero-order valence-electron chi connectivity index (χ0n) is 29.2. The Balaban J connectivity index is 1.65. The molecule has 268 valence electrons. The number of rotatable bonds is 8. The molecule has 0 saturated heterocycles. The van der Waals surface area contributed by atoms with E-state index in [1.165, 1.54) is 33.8 Å². The van der Waals surface area contributed by atoms with Gasteiger partial charge in [0.2, 0.25) is 5.60 Å². The van der Waals surface area contributed by atoms with Gasteiger partial charge < -0.3 is 39.4 Å². The molecule has 0 aliphatic heterocycles. The fraction of sp³-hybridized carbons (Fsp3) is 0.270. The van der Waals surface area contributed by atoms with Crippen LogP contribution in [0.2, 0.25) is 0 Å². The Labute approximate surface area is 300 Å². The largest absolute Gasteiger partial charge is 0.507 e. The van der Waals surface area contributed by atoms with E-state index < -0.39 is 46.8 Å². The van der Waals surface area contributed by atoms with Crippen LogP contribution in [0.25, 0.3) is 0 Å². The Bertz CT molecular complexity index is 2080. The average Bonchev–Trinajstić information content (AvgIpc) is 3.06. The number of benzene rings is 3. The van der Waals surface area contributed by atoms with Crippen molar-refractivity contribution in [1.82, 2.24) is 0 Å². The second-order valence-corrected chi connectivity index (χ2v) is 12.8. The zero-order valence-corrected chi connectivity index (χ0v) is 30.7. The number of halogens is 1. The first-order valence-corrected chi connectivity index (χ1v) is 16.0. The molecular formula is C37H35BrO13. The van der Waals surface area contributed by atoms with E-state index in [1.807, 2.05) is 0 Å². The van der Waals surface area contributed by atoms with Gasteiger partial charge in [0.15, 0.2) is 11.5 Å². The number of aliphatic hydroxyl groups is 1. The van der Waals surface area contributed by atoms with Crippen LogP contribution in [0.3, 0.4) is 0 Å². The normalized spacial score (nSPS) is 15.3. The van der Waals surface area contributed by atoms with E-state index in [-0.39, 0.29) is 66.4 Å². The summed E-state index contributed by atoms with van der Waals surface area (Å²) in [5.41, 5.74) is -0.636. The summed E-state index contributed by atoms with van der Waals surface area (Å²) in [6.07, 6.45) is 2.80. The Hall–Kier alpha value is -5.47. The molecule has 14 heteroatoms. The third kappa shape index (κ3) is 6.59. The number of phenols is 2. The second kappa shape index (κ2) is 14.0. The quantitative estimate of drug-likeness (QED) is 0.159. The summed E-state index contributed by atoms with van der Waals surface area (Å²) in [5.74, 6) is -6.68. The molecular weight excluding hydrogens is 732 g/mol. The molecule has 1 aliphatic rings. The molecule has 3 aromatic carbocycles. The smallest absolute Gasteiger partial charge is 0.355 e. The molecule has 0 radical (unpaired) electrons. The number of ketones is 1. The van der Waals surface area contributed by atoms with Crippen molar-refractivity contribution in [3.63, 3.8) is 0 Å². The summed E-state index contributed by atoms with van der Waals surface area (Å²) in [4.78, 5) is 63.6. The Morgan fingerprint density at radius 1 is 0.706 bits per heavy atom. The zero-order chi connectivity index (χ0) is 38.4. The molecule has 0 aromatic heterocycles. The van der Waals surface area contributed by atoms with E-state index in [0.29, 0.717) is 22.3 Å².